The Labute approximate surface area is 112 Å². The van der Waals surface area contributed by atoms with Crippen LogP contribution < -0.4 is 4.74 Å². The van der Waals surface area contributed by atoms with E-state index in [0.29, 0.717) is 6.42 Å². The Kier molecular flexibility index (Phi) is 5.68. The lowest BCUT2D eigenvalue weighted by Gasteiger charge is -2.19. The van der Waals surface area contributed by atoms with E-state index in [1.165, 1.54) is 11.4 Å². The van der Waals surface area contributed by atoms with Gasteiger partial charge in [-0.3, -0.25) is 9.59 Å². The van der Waals surface area contributed by atoms with Crippen LogP contribution in [-0.2, 0) is 4.79 Å². The molecule has 1 aromatic heterocycles. The van der Waals surface area contributed by atoms with Crippen molar-refractivity contribution in [1.82, 2.24) is 4.90 Å². The molecule has 0 saturated carbocycles. The number of halogens is 2. The van der Waals surface area contributed by atoms with E-state index >= 15 is 0 Å². The lowest BCUT2D eigenvalue weighted by molar-refractivity contribution is -0.137. The Morgan fingerprint density at radius 2 is 2.21 bits per heavy atom. The quantitative estimate of drug-likeness (QED) is 0.837. The number of carbonyl (C=O) groups is 2. The Hall–Kier alpha value is -1.70. The van der Waals surface area contributed by atoms with Crippen LogP contribution in [0.15, 0.2) is 11.4 Å². The standard InChI is InChI=1S/C11H13F2NO4S/c1-2-4-14(6-8(15)16)10(17)9-7(3-5-19-9)18-11(12)13/h3,5,11H,2,4,6H2,1H3,(H,15,16). The molecular formula is C11H13F2NO4S. The first kappa shape index (κ1) is 15.4. The summed E-state index contributed by atoms with van der Waals surface area (Å²) < 4.78 is 28.6. The molecule has 1 amide bonds. The Balaban J connectivity index is 2.89. The molecule has 106 valence electrons. The van der Waals surface area contributed by atoms with Crippen molar-refractivity contribution < 1.29 is 28.2 Å². The van der Waals surface area contributed by atoms with Crippen LogP contribution >= 0.6 is 11.3 Å². The summed E-state index contributed by atoms with van der Waals surface area (Å²) in [5.74, 6) is -2.00. The fourth-order valence-corrected chi connectivity index (χ4v) is 2.26. The van der Waals surface area contributed by atoms with Crippen molar-refractivity contribution in [2.24, 2.45) is 0 Å². The number of alkyl halides is 2. The summed E-state index contributed by atoms with van der Waals surface area (Å²) in [4.78, 5) is 23.8. The number of carboxylic acid groups (broad SMARTS) is 1. The zero-order valence-corrected chi connectivity index (χ0v) is 11.0. The van der Waals surface area contributed by atoms with E-state index in [-0.39, 0.29) is 17.2 Å². The maximum absolute atomic E-state index is 12.2. The number of aliphatic carboxylic acids is 1. The second-order valence-electron chi connectivity index (χ2n) is 3.61. The van der Waals surface area contributed by atoms with Gasteiger partial charge in [0.25, 0.3) is 5.91 Å². The molecule has 0 saturated heterocycles. The molecule has 0 atom stereocenters. The van der Waals surface area contributed by atoms with Gasteiger partial charge in [-0.05, 0) is 17.9 Å². The average molecular weight is 293 g/mol. The van der Waals surface area contributed by atoms with Gasteiger partial charge in [0, 0.05) is 6.54 Å². The lowest BCUT2D eigenvalue weighted by Crippen LogP contribution is -2.36. The van der Waals surface area contributed by atoms with E-state index in [1.807, 2.05) is 0 Å². The van der Waals surface area contributed by atoms with Crippen molar-refractivity contribution in [2.45, 2.75) is 20.0 Å². The smallest absolute Gasteiger partial charge is 0.387 e. The lowest BCUT2D eigenvalue weighted by atomic mass is 10.3. The number of carbonyl (C=O) groups excluding carboxylic acids is 1. The largest absolute Gasteiger partial charge is 0.480 e. The van der Waals surface area contributed by atoms with Crippen molar-refractivity contribution in [3.05, 3.63) is 16.3 Å². The third kappa shape index (κ3) is 4.47. The number of ether oxygens (including phenoxy) is 1. The number of carboxylic acids is 1. The van der Waals surface area contributed by atoms with Gasteiger partial charge in [-0.25, -0.2) is 0 Å². The summed E-state index contributed by atoms with van der Waals surface area (Å²) in [6.45, 7) is -1.48. The second kappa shape index (κ2) is 7.03. The van der Waals surface area contributed by atoms with E-state index in [4.69, 9.17) is 5.11 Å². The molecular weight excluding hydrogens is 280 g/mol. The molecule has 1 aromatic rings. The van der Waals surface area contributed by atoms with Crippen molar-refractivity contribution in [2.75, 3.05) is 13.1 Å². The second-order valence-corrected chi connectivity index (χ2v) is 4.53. The first-order valence-corrected chi connectivity index (χ1v) is 6.37. The Morgan fingerprint density at radius 1 is 1.53 bits per heavy atom. The van der Waals surface area contributed by atoms with Crippen molar-refractivity contribution in [3.8, 4) is 5.75 Å². The number of hydrogen-bond acceptors (Lipinski definition) is 4. The molecule has 0 spiro atoms. The maximum Gasteiger partial charge on any atom is 0.387 e. The van der Waals surface area contributed by atoms with Gasteiger partial charge in [-0.1, -0.05) is 6.92 Å². The summed E-state index contributed by atoms with van der Waals surface area (Å²) in [5.41, 5.74) is 0. The third-order valence-corrected chi connectivity index (χ3v) is 3.03. The number of rotatable bonds is 7. The van der Waals surface area contributed by atoms with E-state index in [9.17, 15) is 18.4 Å². The van der Waals surface area contributed by atoms with Crippen LogP contribution in [0.1, 0.15) is 23.0 Å². The van der Waals surface area contributed by atoms with Crippen molar-refractivity contribution in [1.29, 1.82) is 0 Å². The van der Waals surface area contributed by atoms with Crippen molar-refractivity contribution >= 4 is 23.2 Å². The molecule has 8 heteroatoms. The number of thiophene rings is 1. The molecule has 0 aliphatic carbocycles. The van der Waals surface area contributed by atoms with Gasteiger partial charge in [0.15, 0.2) is 0 Å². The molecule has 1 rings (SSSR count). The SMILES string of the molecule is CCCN(CC(=O)O)C(=O)c1sccc1OC(F)F. The first-order chi connectivity index (χ1) is 8.95. The van der Waals surface area contributed by atoms with Crippen LogP contribution in [0.3, 0.4) is 0 Å². The predicted octanol–water partition coefficient (Wildman–Crippen LogP) is 2.29. The van der Waals surface area contributed by atoms with Gasteiger partial charge in [0.2, 0.25) is 0 Å². The molecule has 1 N–H and O–H groups in total. The van der Waals surface area contributed by atoms with Crippen LogP contribution in [0.25, 0.3) is 0 Å². The summed E-state index contributed by atoms with van der Waals surface area (Å²) in [7, 11) is 0. The molecule has 19 heavy (non-hydrogen) atoms. The normalized spacial score (nSPS) is 10.5. The monoisotopic (exact) mass is 293 g/mol. The summed E-state index contributed by atoms with van der Waals surface area (Å²) >= 11 is 0.938. The molecule has 0 unspecified atom stereocenters. The molecule has 1 heterocycles. The Morgan fingerprint density at radius 3 is 2.74 bits per heavy atom. The summed E-state index contributed by atoms with van der Waals surface area (Å²) in [5, 5.41) is 10.2. The third-order valence-electron chi connectivity index (χ3n) is 2.15. The van der Waals surface area contributed by atoms with Crippen molar-refractivity contribution in [3.63, 3.8) is 0 Å². The zero-order valence-electron chi connectivity index (χ0n) is 10.1. The van der Waals surface area contributed by atoms with E-state index < -0.39 is 25.0 Å². The van der Waals surface area contributed by atoms with Crippen LogP contribution in [0.2, 0.25) is 0 Å². The first-order valence-electron chi connectivity index (χ1n) is 5.49. The van der Waals surface area contributed by atoms with Gasteiger partial charge in [0.05, 0.1) is 0 Å². The molecule has 5 nitrogen and oxygen atoms in total. The number of nitrogens with zero attached hydrogens (tertiary/aromatic N) is 1. The average Bonchev–Trinajstić information content (AvgIpc) is 2.74. The highest BCUT2D eigenvalue weighted by Crippen LogP contribution is 2.27. The molecule has 0 radical (unpaired) electrons. The number of amides is 1. The van der Waals surface area contributed by atoms with Gasteiger partial charge in [-0.15, -0.1) is 11.3 Å². The van der Waals surface area contributed by atoms with Crippen LogP contribution in [0.4, 0.5) is 8.78 Å². The molecule has 0 bridgehead atoms. The molecule has 0 aliphatic rings. The van der Waals surface area contributed by atoms with Gasteiger partial charge in [0.1, 0.15) is 17.2 Å². The highest BCUT2D eigenvalue weighted by atomic mass is 32.1. The maximum atomic E-state index is 12.2. The minimum absolute atomic E-state index is 0.0185. The fraction of sp³-hybridized carbons (Fsp3) is 0.455. The van der Waals surface area contributed by atoms with E-state index in [2.05, 4.69) is 4.74 Å². The van der Waals surface area contributed by atoms with E-state index in [0.717, 1.165) is 16.2 Å². The van der Waals surface area contributed by atoms with Crippen LogP contribution in [-0.4, -0.2) is 41.6 Å². The van der Waals surface area contributed by atoms with Gasteiger partial charge < -0.3 is 14.7 Å². The zero-order chi connectivity index (χ0) is 14.4. The highest BCUT2D eigenvalue weighted by molar-refractivity contribution is 7.12. The molecule has 0 aromatic carbocycles. The summed E-state index contributed by atoms with van der Waals surface area (Å²) in [6, 6.07) is 1.26. The van der Waals surface area contributed by atoms with Gasteiger partial charge >= 0.3 is 12.6 Å². The molecule has 0 fully saturated rings. The summed E-state index contributed by atoms with van der Waals surface area (Å²) in [6.07, 6.45) is 0.565. The van der Waals surface area contributed by atoms with Gasteiger partial charge in [-0.2, -0.15) is 8.78 Å². The minimum atomic E-state index is -3.03. The topological polar surface area (TPSA) is 66.8 Å². The fourth-order valence-electron chi connectivity index (χ4n) is 1.47. The van der Waals surface area contributed by atoms with Crippen LogP contribution in [0, 0.1) is 0 Å². The predicted molar refractivity (Wildman–Crippen MR) is 64.8 cm³/mol. The molecule has 0 aliphatic heterocycles. The minimum Gasteiger partial charge on any atom is -0.480 e. The van der Waals surface area contributed by atoms with E-state index in [1.54, 1.807) is 6.92 Å². The Bertz CT molecular complexity index is 450. The highest BCUT2D eigenvalue weighted by Gasteiger charge is 2.23. The number of hydrogen-bond donors (Lipinski definition) is 1. The van der Waals surface area contributed by atoms with Crippen LogP contribution in [0.5, 0.6) is 5.75 Å².